The van der Waals surface area contributed by atoms with Crippen LogP contribution in [0.2, 0.25) is 0 Å². The fraction of sp³-hybridized carbons (Fsp3) is 0.364. The summed E-state index contributed by atoms with van der Waals surface area (Å²) in [6.07, 6.45) is -0.592. The summed E-state index contributed by atoms with van der Waals surface area (Å²) in [5, 5.41) is 21.4. The van der Waals surface area contributed by atoms with Crippen molar-refractivity contribution in [1.82, 2.24) is 20.2 Å². The smallest absolute Gasteiger partial charge is 0.156 e. The fourth-order valence-electron chi connectivity index (χ4n) is 1.70. The Kier molecular flexibility index (Phi) is 2.96. The maximum atomic E-state index is 10.2. The second-order valence-corrected chi connectivity index (χ2v) is 3.80. The molecule has 2 rings (SSSR count). The minimum Gasteiger partial charge on any atom is -0.388 e. The standard InChI is InChI=1S/C11H14N4O/c1-8(11-12-13-14-15(11)2)10(16)9-6-4-3-5-7-9/h3-8,10,16H,1-2H3. The van der Waals surface area contributed by atoms with Gasteiger partial charge in [-0.15, -0.1) is 5.10 Å². The number of nitrogens with zero attached hydrogens (tertiary/aromatic N) is 4. The summed E-state index contributed by atoms with van der Waals surface area (Å²) in [6.45, 7) is 1.91. The van der Waals surface area contributed by atoms with Crippen LogP contribution in [0.15, 0.2) is 30.3 Å². The van der Waals surface area contributed by atoms with E-state index in [-0.39, 0.29) is 5.92 Å². The van der Waals surface area contributed by atoms with Gasteiger partial charge in [-0.05, 0) is 16.0 Å². The van der Waals surface area contributed by atoms with Crippen molar-refractivity contribution in [3.8, 4) is 0 Å². The zero-order chi connectivity index (χ0) is 11.5. The molecule has 0 aliphatic rings. The molecule has 0 aliphatic carbocycles. The molecule has 0 spiro atoms. The molecule has 2 atom stereocenters. The quantitative estimate of drug-likeness (QED) is 0.836. The van der Waals surface area contributed by atoms with Crippen molar-refractivity contribution in [2.45, 2.75) is 18.9 Å². The molecule has 1 aromatic carbocycles. The van der Waals surface area contributed by atoms with Gasteiger partial charge < -0.3 is 5.11 Å². The SMILES string of the molecule is CC(c1nnnn1C)C(O)c1ccccc1. The van der Waals surface area contributed by atoms with Crippen molar-refractivity contribution in [1.29, 1.82) is 0 Å². The van der Waals surface area contributed by atoms with E-state index < -0.39 is 6.10 Å². The predicted octanol–water partition coefficient (Wildman–Crippen LogP) is 1.05. The van der Waals surface area contributed by atoms with Gasteiger partial charge in [0.25, 0.3) is 0 Å². The highest BCUT2D eigenvalue weighted by atomic mass is 16.3. The second-order valence-electron chi connectivity index (χ2n) is 3.80. The van der Waals surface area contributed by atoms with Crippen LogP contribution in [0.4, 0.5) is 0 Å². The molecule has 2 aromatic rings. The first kappa shape index (κ1) is 10.8. The largest absolute Gasteiger partial charge is 0.388 e. The van der Waals surface area contributed by atoms with Gasteiger partial charge in [0.15, 0.2) is 5.82 Å². The highest BCUT2D eigenvalue weighted by molar-refractivity contribution is 5.20. The monoisotopic (exact) mass is 218 g/mol. The summed E-state index contributed by atoms with van der Waals surface area (Å²) in [5.74, 6) is 0.541. The molecule has 1 aromatic heterocycles. The average molecular weight is 218 g/mol. The Balaban J connectivity index is 2.23. The Morgan fingerprint density at radius 1 is 1.25 bits per heavy atom. The van der Waals surface area contributed by atoms with E-state index >= 15 is 0 Å². The van der Waals surface area contributed by atoms with Crippen molar-refractivity contribution in [2.24, 2.45) is 7.05 Å². The van der Waals surface area contributed by atoms with Gasteiger partial charge in [-0.25, -0.2) is 4.68 Å². The summed E-state index contributed by atoms with van der Waals surface area (Å²) in [7, 11) is 1.77. The van der Waals surface area contributed by atoms with Crippen molar-refractivity contribution in [2.75, 3.05) is 0 Å². The molecule has 1 heterocycles. The molecule has 0 amide bonds. The van der Waals surface area contributed by atoms with Gasteiger partial charge in [0.1, 0.15) is 0 Å². The molecule has 0 aliphatic heterocycles. The molecule has 0 saturated heterocycles. The number of benzene rings is 1. The van der Waals surface area contributed by atoms with Crippen molar-refractivity contribution in [3.63, 3.8) is 0 Å². The van der Waals surface area contributed by atoms with Crippen LogP contribution >= 0.6 is 0 Å². The molecule has 0 saturated carbocycles. The van der Waals surface area contributed by atoms with Gasteiger partial charge in [0.2, 0.25) is 0 Å². The Morgan fingerprint density at radius 2 is 1.94 bits per heavy atom. The zero-order valence-electron chi connectivity index (χ0n) is 9.28. The minimum atomic E-state index is -0.592. The van der Waals surface area contributed by atoms with Crippen LogP contribution in [-0.2, 0) is 7.05 Å². The van der Waals surface area contributed by atoms with E-state index in [0.717, 1.165) is 5.56 Å². The van der Waals surface area contributed by atoms with Gasteiger partial charge in [-0.1, -0.05) is 37.3 Å². The highest BCUT2D eigenvalue weighted by Gasteiger charge is 2.22. The third kappa shape index (κ3) is 1.94. The van der Waals surface area contributed by atoms with Crippen molar-refractivity contribution >= 4 is 0 Å². The number of aromatic nitrogens is 4. The molecule has 84 valence electrons. The van der Waals surface area contributed by atoms with Crippen LogP contribution in [0.25, 0.3) is 0 Å². The van der Waals surface area contributed by atoms with E-state index in [1.165, 1.54) is 0 Å². The summed E-state index contributed by atoms with van der Waals surface area (Å²) in [4.78, 5) is 0. The van der Waals surface area contributed by atoms with E-state index in [1.54, 1.807) is 11.7 Å². The topological polar surface area (TPSA) is 63.8 Å². The van der Waals surface area contributed by atoms with E-state index in [4.69, 9.17) is 0 Å². The van der Waals surface area contributed by atoms with Crippen LogP contribution in [0.5, 0.6) is 0 Å². The third-order valence-corrected chi connectivity index (χ3v) is 2.67. The van der Waals surface area contributed by atoms with Gasteiger partial charge >= 0.3 is 0 Å². The number of hydrogen-bond acceptors (Lipinski definition) is 4. The molecule has 5 heteroatoms. The lowest BCUT2D eigenvalue weighted by Gasteiger charge is -2.17. The van der Waals surface area contributed by atoms with Gasteiger partial charge in [0.05, 0.1) is 6.10 Å². The molecular weight excluding hydrogens is 204 g/mol. The second kappa shape index (κ2) is 4.40. The number of tetrazole rings is 1. The predicted molar refractivity (Wildman–Crippen MR) is 58.6 cm³/mol. The first-order chi connectivity index (χ1) is 7.70. The van der Waals surface area contributed by atoms with Gasteiger partial charge in [-0.3, -0.25) is 0 Å². The van der Waals surface area contributed by atoms with Gasteiger partial charge in [0, 0.05) is 13.0 Å². The minimum absolute atomic E-state index is 0.137. The van der Waals surface area contributed by atoms with Crippen LogP contribution in [0.3, 0.4) is 0 Å². The summed E-state index contributed by atoms with van der Waals surface area (Å²) < 4.78 is 1.58. The molecule has 1 N–H and O–H groups in total. The van der Waals surface area contributed by atoms with Crippen molar-refractivity contribution < 1.29 is 5.11 Å². The van der Waals surface area contributed by atoms with E-state index in [0.29, 0.717) is 5.82 Å². The number of aliphatic hydroxyl groups is 1. The lowest BCUT2D eigenvalue weighted by atomic mass is 9.97. The lowest BCUT2D eigenvalue weighted by molar-refractivity contribution is 0.146. The van der Waals surface area contributed by atoms with Gasteiger partial charge in [-0.2, -0.15) is 0 Å². The first-order valence-corrected chi connectivity index (χ1v) is 5.15. The van der Waals surface area contributed by atoms with Crippen LogP contribution in [-0.4, -0.2) is 25.3 Å². The Labute approximate surface area is 93.7 Å². The number of hydrogen-bond donors (Lipinski definition) is 1. The lowest BCUT2D eigenvalue weighted by Crippen LogP contribution is -2.12. The highest BCUT2D eigenvalue weighted by Crippen LogP contribution is 2.28. The maximum absolute atomic E-state index is 10.2. The van der Waals surface area contributed by atoms with Crippen LogP contribution in [0.1, 0.15) is 30.3 Å². The van der Waals surface area contributed by atoms with E-state index in [1.807, 2.05) is 37.3 Å². The zero-order valence-corrected chi connectivity index (χ0v) is 9.28. The van der Waals surface area contributed by atoms with E-state index in [9.17, 15) is 5.11 Å². The summed E-state index contributed by atoms with van der Waals surface area (Å²) in [6, 6.07) is 9.51. The molecule has 0 fully saturated rings. The fourth-order valence-corrected chi connectivity index (χ4v) is 1.70. The number of aryl methyl sites for hydroxylation is 1. The molecule has 0 bridgehead atoms. The maximum Gasteiger partial charge on any atom is 0.156 e. The Hall–Kier alpha value is -1.75. The average Bonchev–Trinajstić information content (AvgIpc) is 2.75. The van der Waals surface area contributed by atoms with E-state index in [2.05, 4.69) is 15.5 Å². The normalized spacial score (nSPS) is 14.7. The van der Waals surface area contributed by atoms with Crippen molar-refractivity contribution in [3.05, 3.63) is 41.7 Å². The number of aliphatic hydroxyl groups excluding tert-OH is 1. The molecule has 5 nitrogen and oxygen atoms in total. The summed E-state index contributed by atoms with van der Waals surface area (Å²) >= 11 is 0. The Morgan fingerprint density at radius 3 is 2.50 bits per heavy atom. The first-order valence-electron chi connectivity index (χ1n) is 5.15. The summed E-state index contributed by atoms with van der Waals surface area (Å²) in [5.41, 5.74) is 0.873. The Bertz CT molecular complexity index is 454. The third-order valence-electron chi connectivity index (χ3n) is 2.67. The van der Waals surface area contributed by atoms with Crippen LogP contribution < -0.4 is 0 Å². The molecule has 16 heavy (non-hydrogen) atoms. The van der Waals surface area contributed by atoms with Crippen LogP contribution in [0, 0.1) is 0 Å². The molecule has 2 unspecified atom stereocenters. The molecular formula is C11H14N4O. The molecule has 0 radical (unpaired) electrons. The number of rotatable bonds is 3.